The minimum absolute atomic E-state index is 0.241. The van der Waals surface area contributed by atoms with Gasteiger partial charge >= 0.3 is 0 Å². The molecule has 2 nitrogen and oxygen atoms in total. The lowest BCUT2D eigenvalue weighted by Gasteiger charge is -1.90. The van der Waals surface area contributed by atoms with Crippen molar-refractivity contribution in [2.24, 2.45) is 0 Å². The van der Waals surface area contributed by atoms with E-state index >= 15 is 0 Å². The van der Waals surface area contributed by atoms with Crippen LogP contribution < -0.4 is 0 Å². The molecule has 0 saturated carbocycles. The van der Waals surface area contributed by atoms with Gasteiger partial charge in [-0.2, -0.15) is 0 Å². The van der Waals surface area contributed by atoms with Gasteiger partial charge in [0.05, 0.1) is 5.69 Å². The zero-order valence-electron chi connectivity index (χ0n) is 6.08. The van der Waals surface area contributed by atoms with Gasteiger partial charge in [-0.1, -0.05) is 0 Å². The van der Waals surface area contributed by atoms with Crippen molar-refractivity contribution in [2.75, 3.05) is 0 Å². The second-order valence-electron chi connectivity index (χ2n) is 2.50. The maximum absolute atomic E-state index is 12.6. The average molecular weight is 150 g/mol. The third-order valence-corrected chi connectivity index (χ3v) is 1.54. The number of imidazole rings is 1. The standard InChI is InChI=1S/C8H7FN2/c1-6-4-11-5-7(9)2-3-8(11)10-6/h2-5H,1H3. The Morgan fingerprint density at radius 2 is 2.18 bits per heavy atom. The number of fused-ring (bicyclic) bond motifs is 1. The number of halogens is 1. The molecule has 2 heterocycles. The largest absolute Gasteiger partial charge is 0.304 e. The van der Waals surface area contributed by atoms with Crippen molar-refractivity contribution >= 4 is 5.65 Å². The predicted molar refractivity (Wildman–Crippen MR) is 39.9 cm³/mol. The summed E-state index contributed by atoms with van der Waals surface area (Å²) < 4.78 is 14.3. The van der Waals surface area contributed by atoms with Crippen molar-refractivity contribution in [3.63, 3.8) is 0 Å². The highest BCUT2D eigenvalue weighted by atomic mass is 19.1. The first-order valence-electron chi connectivity index (χ1n) is 3.36. The van der Waals surface area contributed by atoms with Gasteiger partial charge in [-0.25, -0.2) is 9.37 Å². The van der Waals surface area contributed by atoms with Crippen LogP contribution in [0, 0.1) is 12.7 Å². The fourth-order valence-electron chi connectivity index (χ4n) is 1.09. The van der Waals surface area contributed by atoms with E-state index < -0.39 is 0 Å². The van der Waals surface area contributed by atoms with E-state index in [0.29, 0.717) is 0 Å². The smallest absolute Gasteiger partial charge is 0.139 e. The Hall–Kier alpha value is -1.38. The summed E-state index contributed by atoms with van der Waals surface area (Å²) in [6.07, 6.45) is 3.20. The van der Waals surface area contributed by atoms with Gasteiger partial charge in [0.2, 0.25) is 0 Å². The van der Waals surface area contributed by atoms with Crippen molar-refractivity contribution < 1.29 is 4.39 Å². The van der Waals surface area contributed by atoms with Crippen molar-refractivity contribution in [1.29, 1.82) is 0 Å². The third-order valence-electron chi connectivity index (χ3n) is 1.54. The zero-order valence-corrected chi connectivity index (χ0v) is 6.08. The van der Waals surface area contributed by atoms with Crippen LogP contribution in [0.3, 0.4) is 0 Å². The minimum Gasteiger partial charge on any atom is -0.304 e. The lowest BCUT2D eigenvalue weighted by Crippen LogP contribution is -1.83. The SMILES string of the molecule is Cc1cn2cc(F)ccc2n1. The van der Waals surface area contributed by atoms with E-state index in [2.05, 4.69) is 4.98 Å². The normalized spacial score (nSPS) is 10.7. The van der Waals surface area contributed by atoms with Crippen LogP contribution in [0.4, 0.5) is 4.39 Å². The summed E-state index contributed by atoms with van der Waals surface area (Å²) in [4.78, 5) is 4.15. The molecule has 0 aliphatic carbocycles. The molecule has 2 aromatic heterocycles. The number of nitrogens with zero attached hydrogens (tertiary/aromatic N) is 2. The number of rotatable bonds is 0. The molecule has 0 aliphatic rings. The molecule has 2 aromatic rings. The maximum Gasteiger partial charge on any atom is 0.139 e. The lowest BCUT2D eigenvalue weighted by atomic mass is 10.5. The molecule has 3 heteroatoms. The second kappa shape index (κ2) is 2.05. The molecule has 11 heavy (non-hydrogen) atoms. The third kappa shape index (κ3) is 0.981. The van der Waals surface area contributed by atoms with E-state index in [1.54, 1.807) is 16.7 Å². The van der Waals surface area contributed by atoms with Crippen LogP contribution in [0.2, 0.25) is 0 Å². The van der Waals surface area contributed by atoms with Gasteiger partial charge < -0.3 is 4.40 Å². The Kier molecular flexibility index (Phi) is 1.18. The topological polar surface area (TPSA) is 17.3 Å². The fourth-order valence-corrected chi connectivity index (χ4v) is 1.09. The molecule has 0 bridgehead atoms. The van der Waals surface area contributed by atoms with Crippen LogP contribution >= 0.6 is 0 Å². The van der Waals surface area contributed by atoms with Gasteiger partial charge in [0.1, 0.15) is 11.5 Å². The van der Waals surface area contributed by atoms with E-state index in [4.69, 9.17) is 0 Å². The highest BCUT2D eigenvalue weighted by Crippen LogP contribution is 2.05. The molecular weight excluding hydrogens is 143 g/mol. The Morgan fingerprint density at radius 3 is 3.00 bits per heavy atom. The molecule has 0 N–H and O–H groups in total. The van der Waals surface area contributed by atoms with Crippen molar-refractivity contribution in [1.82, 2.24) is 9.38 Å². The summed E-state index contributed by atoms with van der Waals surface area (Å²) in [6, 6.07) is 3.06. The molecule has 0 radical (unpaired) electrons. The summed E-state index contributed by atoms with van der Waals surface area (Å²) in [5, 5.41) is 0. The average Bonchev–Trinajstić information content (AvgIpc) is 2.27. The molecular formula is C8H7FN2. The van der Waals surface area contributed by atoms with Crippen LogP contribution in [-0.4, -0.2) is 9.38 Å². The van der Waals surface area contributed by atoms with E-state index in [1.807, 2.05) is 6.92 Å². The zero-order chi connectivity index (χ0) is 7.84. The van der Waals surface area contributed by atoms with E-state index in [0.717, 1.165) is 11.3 Å². The van der Waals surface area contributed by atoms with E-state index in [-0.39, 0.29) is 5.82 Å². The highest BCUT2D eigenvalue weighted by Gasteiger charge is 1.96. The van der Waals surface area contributed by atoms with Crippen LogP contribution in [0.1, 0.15) is 5.69 Å². The monoisotopic (exact) mass is 150 g/mol. The van der Waals surface area contributed by atoms with Crippen LogP contribution in [0.15, 0.2) is 24.5 Å². The molecule has 2 rings (SSSR count). The van der Waals surface area contributed by atoms with Crippen molar-refractivity contribution in [3.8, 4) is 0 Å². The number of pyridine rings is 1. The van der Waals surface area contributed by atoms with Crippen molar-refractivity contribution in [2.45, 2.75) is 6.92 Å². The fraction of sp³-hybridized carbons (Fsp3) is 0.125. The molecule has 0 unspecified atom stereocenters. The molecule has 0 atom stereocenters. The Labute approximate surface area is 63.3 Å². The quantitative estimate of drug-likeness (QED) is 0.559. The number of aryl methyl sites for hydroxylation is 1. The Bertz CT molecular complexity index is 392. The van der Waals surface area contributed by atoms with E-state index in [1.165, 1.54) is 12.3 Å². The molecule has 0 aromatic carbocycles. The van der Waals surface area contributed by atoms with Gasteiger partial charge in [-0.15, -0.1) is 0 Å². The lowest BCUT2D eigenvalue weighted by molar-refractivity contribution is 0.619. The second-order valence-corrected chi connectivity index (χ2v) is 2.50. The van der Waals surface area contributed by atoms with Crippen LogP contribution in [-0.2, 0) is 0 Å². The summed E-state index contributed by atoms with van der Waals surface area (Å²) in [5.41, 5.74) is 1.68. The summed E-state index contributed by atoms with van der Waals surface area (Å²) in [6.45, 7) is 1.88. The van der Waals surface area contributed by atoms with E-state index in [9.17, 15) is 4.39 Å². The Morgan fingerprint density at radius 1 is 1.36 bits per heavy atom. The first kappa shape index (κ1) is 6.34. The first-order valence-corrected chi connectivity index (χ1v) is 3.36. The number of hydrogen-bond acceptors (Lipinski definition) is 1. The molecule has 0 fully saturated rings. The Balaban J connectivity index is 2.82. The van der Waals surface area contributed by atoms with Gasteiger partial charge in [-0.05, 0) is 19.1 Å². The number of hydrogen-bond donors (Lipinski definition) is 0. The van der Waals surface area contributed by atoms with Crippen LogP contribution in [0.5, 0.6) is 0 Å². The van der Waals surface area contributed by atoms with Crippen molar-refractivity contribution in [3.05, 3.63) is 36.0 Å². The van der Waals surface area contributed by atoms with Crippen LogP contribution in [0.25, 0.3) is 5.65 Å². The van der Waals surface area contributed by atoms with Gasteiger partial charge in [0.25, 0.3) is 0 Å². The van der Waals surface area contributed by atoms with Gasteiger partial charge in [0, 0.05) is 12.4 Å². The first-order chi connectivity index (χ1) is 5.25. The maximum atomic E-state index is 12.6. The summed E-state index contributed by atoms with van der Waals surface area (Å²) in [7, 11) is 0. The summed E-state index contributed by atoms with van der Waals surface area (Å²) in [5.74, 6) is -0.241. The molecule has 0 saturated heterocycles. The predicted octanol–water partition coefficient (Wildman–Crippen LogP) is 1.78. The molecule has 0 aliphatic heterocycles. The number of aromatic nitrogens is 2. The summed E-state index contributed by atoms with van der Waals surface area (Å²) >= 11 is 0. The molecule has 0 amide bonds. The van der Waals surface area contributed by atoms with Gasteiger partial charge in [0.15, 0.2) is 0 Å². The molecule has 56 valence electrons. The van der Waals surface area contributed by atoms with Gasteiger partial charge in [-0.3, -0.25) is 0 Å². The molecule has 0 spiro atoms. The minimum atomic E-state index is -0.241. The highest BCUT2D eigenvalue weighted by molar-refractivity contribution is 5.39.